The Hall–Kier alpha value is -0.380. The molecular weight excluding hydrogens is 166 g/mol. The minimum Gasteiger partial charge on any atom is -0.350 e. The molecule has 0 heterocycles. The van der Waals surface area contributed by atoms with Crippen molar-refractivity contribution in [1.29, 1.82) is 0 Å². The molecule has 0 amide bonds. The minimum atomic E-state index is -0.643. The highest BCUT2D eigenvalue weighted by molar-refractivity contribution is 5.02. The molecule has 0 spiro atoms. The lowest BCUT2D eigenvalue weighted by atomic mass is 10.1. The first-order valence-electron chi connectivity index (χ1n) is 4.42. The zero-order valence-corrected chi connectivity index (χ0v) is 9.39. The van der Waals surface area contributed by atoms with Crippen LogP contribution >= 0.6 is 0 Å². The normalized spacial score (nSPS) is 15.8. The standard InChI is InChI=1S/C10H21NO2/c1-9(2)10(3,12-6)13-8-7-11(4)5/h1,7-8H2,2-6H3/t10-/m0/s1. The van der Waals surface area contributed by atoms with Gasteiger partial charge in [0.25, 0.3) is 0 Å². The molecule has 0 bridgehead atoms. The summed E-state index contributed by atoms with van der Waals surface area (Å²) in [5, 5.41) is 0. The summed E-state index contributed by atoms with van der Waals surface area (Å²) in [6.45, 7) is 9.14. The van der Waals surface area contributed by atoms with Gasteiger partial charge in [0.15, 0.2) is 5.79 Å². The van der Waals surface area contributed by atoms with Gasteiger partial charge in [-0.25, -0.2) is 0 Å². The fourth-order valence-corrected chi connectivity index (χ4v) is 0.779. The number of likely N-dealkylation sites (N-methyl/N-ethyl adjacent to an activating group) is 1. The van der Waals surface area contributed by atoms with E-state index in [2.05, 4.69) is 11.5 Å². The molecule has 0 unspecified atom stereocenters. The summed E-state index contributed by atoms with van der Waals surface area (Å²) in [4.78, 5) is 2.06. The Morgan fingerprint density at radius 1 is 1.46 bits per heavy atom. The van der Waals surface area contributed by atoms with Crippen LogP contribution in [0.4, 0.5) is 0 Å². The Balaban J connectivity index is 3.92. The van der Waals surface area contributed by atoms with Gasteiger partial charge in [-0.2, -0.15) is 0 Å². The van der Waals surface area contributed by atoms with Gasteiger partial charge in [0, 0.05) is 13.7 Å². The molecule has 0 aromatic carbocycles. The molecule has 0 fully saturated rings. The van der Waals surface area contributed by atoms with Crippen LogP contribution in [0.15, 0.2) is 12.2 Å². The van der Waals surface area contributed by atoms with Gasteiger partial charge < -0.3 is 14.4 Å². The zero-order valence-electron chi connectivity index (χ0n) is 9.39. The van der Waals surface area contributed by atoms with E-state index >= 15 is 0 Å². The van der Waals surface area contributed by atoms with E-state index < -0.39 is 5.79 Å². The first-order valence-corrected chi connectivity index (χ1v) is 4.42. The van der Waals surface area contributed by atoms with Crippen molar-refractivity contribution in [2.75, 3.05) is 34.4 Å². The van der Waals surface area contributed by atoms with Crippen molar-refractivity contribution in [3.8, 4) is 0 Å². The van der Waals surface area contributed by atoms with E-state index in [9.17, 15) is 0 Å². The van der Waals surface area contributed by atoms with Gasteiger partial charge in [0.2, 0.25) is 0 Å². The number of nitrogens with zero attached hydrogens (tertiary/aromatic N) is 1. The van der Waals surface area contributed by atoms with Crippen LogP contribution in [0.3, 0.4) is 0 Å². The van der Waals surface area contributed by atoms with Crippen molar-refractivity contribution in [1.82, 2.24) is 4.90 Å². The van der Waals surface area contributed by atoms with Crippen molar-refractivity contribution in [2.24, 2.45) is 0 Å². The van der Waals surface area contributed by atoms with Gasteiger partial charge in [-0.15, -0.1) is 0 Å². The average Bonchev–Trinajstić information content (AvgIpc) is 2.03. The van der Waals surface area contributed by atoms with Gasteiger partial charge in [0.05, 0.1) is 6.61 Å². The SMILES string of the molecule is C=C(C)[C@@](C)(OC)OCCN(C)C. The first kappa shape index (κ1) is 12.6. The number of methoxy groups -OCH3 is 1. The van der Waals surface area contributed by atoms with Crippen molar-refractivity contribution in [3.05, 3.63) is 12.2 Å². The number of ether oxygens (including phenoxy) is 2. The van der Waals surface area contributed by atoms with E-state index in [1.54, 1.807) is 7.11 Å². The third-order valence-corrected chi connectivity index (χ3v) is 2.08. The molecule has 13 heavy (non-hydrogen) atoms. The Bertz CT molecular complexity index is 168. The van der Waals surface area contributed by atoms with Gasteiger partial charge in [-0.05, 0) is 33.5 Å². The summed E-state index contributed by atoms with van der Waals surface area (Å²) in [5.74, 6) is -0.643. The van der Waals surface area contributed by atoms with E-state index in [1.165, 1.54) is 0 Å². The zero-order chi connectivity index (χ0) is 10.5. The molecule has 0 aliphatic heterocycles. The molecule has 0 saturated carbocycles. The van der Waals surface area contributed by atoms with Crippen LogP contribution in [-0.2, 0) is 9.47 Å². The van der Waals surface area contributed by atoms with Crippen LogP contribution < -0.4 is 0 Å². The Morgan fingerprint density at radius 3 is 2.31 bits per heavy atom. The van der Waals surface area contributed by atoms with Crippen LogP contribution in [-0.4, -0.2) is 45.0 Å². The summed E-state index contributed by atoms with van der Waals surface area (Å²) < 4.78 is 10.8. The quantitative estimate of drug-likeness (QED) is 0.464. The van der Waals surface area contributed by atoms with E-state index in [0.717, 1.165) is 12.1 Å². The topological polar surface area (TPSA) is 21.7 Å². The smallest absolute Gasteiger partial charge is 0.187 e. The first-order chi connectivity index (χ1) is 5.92. The molecule has 0 saturated heterocycles. The molecule has 0 aromatic rings. The molecule has 3 heteroatoms. The summed E-state index contributed by atoms with van der Waals surface area (Å²) in [6, 6.07) is 0. The fraction of sp³-hybridized carbons (Fsp3) is 0.800. The third-order valence-electron chi connectivity index (χ3n) is 2.08. The second-order valence-electron chi connectivity index (χ2n) is 3.58. The fourth-order valence-electron chi connectivity index (χ4n) is 0.779. The summed E-state index contributed by atoms with van der Waals surface area (Å²) >= 11 is 0. The maximum absolute atomic E-state index is 5.59. The molecule has 0 aromatic heterocycles. The molecule has 0 radical (unpaired) electrons. The van der Waals surface area contributed by atoms with E-state index in [0.29, 0.717) is 6.61 Å². The van der Waals surface area contributed by atoms with E-state index in [4.69, 9.17) is 9.47 Å². The highest BCUT2D eigenvalue weighted by Gasteiger charge is 2.24. The van der Waals surface area contributed by atoms with Crippen molar-refractivity contribution >= 4 is 0 Å². The number of rotatable bonds is 6. The summed E-state index contributed by atoms with van der Waals surface area (Å²) in [5.41, 5.74) is 0.883. The molecule has 0 aliphatic rings. The minimum absolute atomic E-state index is 0.643. The van der Waals surface area contributed by atoms with Crippen molar-refractivity contribution in [2.45, 2.75) is 19.6 Å². The van der Waals surface area contributed by atoms with Gasteiger partial charge in [-0.1, -0.05) is 6.58 Å². The molecule has 0 N–H and O–H groups in total. The van der Waals surface area contributed by atoms with Crippen LogP contribution in [0.25, 0.3) is 0 Å². The van der Waals surface area contributed by atoms with Gasteiger partial charge in [0.1, 0.15) is 0 Å². The Kier molecular flexibility index (Phi) is 5.21. The molecule has 3 nitrogen and oxygen atoms in total. The summed E-state index contributed by atoms with van der Waals surface area (Å²) in [6.07, 6.45) is 0. The highest BCUT2D eigenvalue weighted by atomic mass is 16.7. The Labute approximate surface area is 81.3 Å². The monoisotopic (exact) mass is 187 g/mol. The number of hydrogen-bond donors (Lipinski definition) is 0. The predicted molar refractivity (Wildman–Crippen MR) is 54.7 cm³/mol. The molecular formula is C10H21NO2. The lowest BCUT2D eigenvalue weighted by Crippen LogP contribution is -2.34. The predicted octanol–water partition coefficient (Wildman–Crippen LogP) is 1.50. The lowest BCUT2D eigenvalue weighted by molar-refractivity contribution is -0.183. The maximum Gasteiger partial charge on any atom is 0.187 e. The average molecular weight is 187 g/mol. The van der Waals surface area contributed by atoms with Crippen LogP contribution in [0.2, 0.25) is 0 Å². The Morgan fingerprint density at radius 2 is 2.00 bits per heavy atom. The lowest BCUT2D eigenvalue weighted by Gasteiger charge is -2.29. The number of hydrogen-bond acceptors (Lipinski definition) is 3. The van der Waals surface area contributed by atoms with E-state index in [1.807, 2.05) is 27.9 Å². The van der Waals surface area contributed by atoms with Crippen molar-refractivity contribution in [3.63, 3.8) is 0 Å². The second kappa shape index (κ2) is 5.37. The molecule has 0 aliphatic carbocycles. The van der Waals surface area contributed by atoms with Crippen LogP contribution in [0, 0.1) is 0 Å². The second-order valence-corrected chi connectivity index (χ2v) is 3.58. The van der Waals surface area contributed by atoms with Crippen molar-refractivity contribution < 1.29 is 9.47 Å². The highest BCUT2D eigenvalue weighted by Crippen LogP contribution is 2.19. The molecule has 0 rings (SSSR count). The van der Waals surface area contributed by atoms with Crippen LogP contribution in [0.5, 0.6) is 0 Å². The van der Waals surface area contributed by atoms with Gasteiger partial charge in [-0.3, -0.25) is 0 Å². The molecule has 1 atom stereocenters. The van der Waals surface area contributed by atoms with Crippen LogP contribution in [0.1, 0.15) is 13.8 Å². The maximum atomic E-state index is 5.59. The molecule has 78 valence electrons. The third kappa shape index (κ3) is 4.41. The van der Waals surface area contributed by atoms with E-state index in [-0.39, 0.29) is 0 Å². The van der Waals surface area contributed by atoms with Gasteiger partial charge >= 0.3 is 0 Å². The largest absolute Gasteiger partial charge is 0.350 e. The summed E-state index contributed by atoms with van der Waals surface area (Å²) in [7, 11) is 5.65.